The molecule has 2 N–H and O–H groups in total. The standard InChI is InChI=1S/C6H8BN5O/c1-11-2-9-3-4(11)10-6(8)12(7)5(3)13/h2H,7H2,1H3,(H2,8,10). The predicted molar refractivity (Wildman–Crippen MR) is 51.1 cm³/mol. The summed E-state index contributed by atoms with van der Waals surface area (Å²) in [5.41, 5.74) is 6.17. The minimum atomic E-state index is -0.219. The minimum absolute atomic E-state index is 0.195. The summed E-state index contributed by atoms with van der Waals surface area (Å²) in [6.07, 6.45) is 1.54. The van der Waals surface area contributed by atoms with Crippen LogP contribution in [0.25, 0.3) is 11.2 Å². The summed E-state index contributed by atoms with van der Waals surface area (Å²) < 4.78 is 2.93. The lowest BCUT2D eigenvalue weighted by Crippen LogP contribution is -2.23. The van der Waals surface area contributed by atoms with E-state index in [1.54, 1.807) is 25.9 Å². The van der Waals surface area contributed by atoms with E-state index < -0.39 is 0 Å². The number of nitrogens with zero attached hydrogens (tertiary/aromatic N) is 4. The molecule has 0 unspecified atom stereocenters. The Balaban J connectivity index is 3.05. The number of anilines is 1. The number of nitrogen functional groups attached to an aromatic ring is 1. The first-order valence-corrected chi connectivity index (χ1v) is 3.75. The third-order valence-corrected chi connectivity index (χ3v) is 1.98. The molecular formula is C6H8BN5O. The smallest absolute Gasteiger partial charge is 0.270 e. The average molecular weight is 177 g/mol. The van der Waals surface area contributed by atoms with Gasteiger partial charge in [0.05, 0.1) is 6.33 Å². The Labute approximate surface area is 74.4 Å². The van der Waals surface area contributed by atoms with Crippen LogP contribution in [0.2, 0.25) is 0 Å². The van der Waals surface area contributed by atoms with Gasteiger partial charge in [0.2, 0.25) is 7.98 Å². The van der Waals surface area contributed by atoms with Crippen molar-refractivity contribution in [3.8, 4) is 0 Å². The summed E-state index contributed by atoms with van der Waals surface area (Å²) in [6, 6.07) is 0. The van der Waals surface area contributed by atoms with E-state index in [1.807, 2.05) is 0 Å². The summed E-state index contributed by atoms with van der Waals surface area (Å²) >= 11 is 0. The Bertz CT molecular complexity index is 528. The Hall–Kier alpha value is -1.79. The zero-order valence-electron chi connectivity index (χ0n) is 7.35. The van der Waals surface area contributed by atoms with E-state index in [1.165, 1.54) is 4.48 Å². The molecule has 0 aliphatic rings. The number of aryl methyl sites for hydroxylation is 1. The molecule has 2 heterocycles. The van der Waals surface area contributed by atoms with Crippen molar-refractivity contribution in [2.75, 3.05) is 5.73 Å². The third-order valence-electron chi connectivity index (χ3n) is 1.98. The van der Waals surface area contributed by atoms with E-state index in [9.17, 15) is 4.79 Å². The van der Waals surface area contributed by atoms with Crippen LogP contribution < -0.4 is 11.3 Å². The average Bonchev–Trinajstić information content (AvgIpc) is 2.45. The highest BCUT2D eigenvalue weighted by atomic mass is 16.1. The molecule has 2 rings (SSSR count). The van der Waals surface area contributed by atoms with Crippen LogP contribution in [0.15, 0.2) is 11.1 Å². The van der Waals surface area contributed by atoms with Crippen LogP contribution in [0.3, 0.4) is 0 Å². The van der Waals surface area contributed by atoms with E-state index in [4.69, 9.17) is 5.73 Å². The second-order valence-electron chi connectivity index (χ2n) is 2.86. The van der Waals surface area contributed by atoms with Gasteiger partial charge in [0.25, 0.3) is 5.56 Å². The Morgan fingerprint density at radius 3 is 3.00 bits per heavy atom. The molecule has 0 spiro atoms. The monoisotopic (exact) mass is 177 g/mol. The van der Waals surface area contributed by atoms with E-state index >= 15 is 0 Å². The fourth-order valence-corrected chi connectivity index (χ4v) is 1.15. The minimum Gasteiger partial charge on any atom is -0.370 e. The van der Waals surface area contributed by atoms with E-state index in [0.717, 1.165) is 0 Å². The Morgan fingerprint density at radius 1 is 1.62 bits per heavy atom. The molecule has 7 heteroatoms. The number of imidazole rings is 1. The third kappa shape index (κ3) is 0.931. The molecule has 0 fully saturated rings. The van der Waals surface area contributed by atoms with Gasteiger partial charge in [-0.3, -0.25) is 4.79 Å². The summed E-state index contributed by atoms with van der Waals surface area (Å²) in [4.78, 5) is 19.5. The van der Waals surface area contributed by atoms with Crippen LogP contribution >= 0.6 is 0 Å². The highest BCUT2D eigenvalue weighted by molar-refractivity contribution is 6.08. The molecule has 0 atom stereocenters. The van der Waals surface area contributed by atoms with Crippen molar-refractivity contribution in [1.82, 2.24) is 19.0 Å². The van der Waals surface area contributed by atoms with Crippen LogP contribution in [-0.4, -0.2) is 27.0 Å². The molecule has 0 bridgehead atoms. The van der Waals surface area contributed by atoms with E-state index in [-0.39, 0.29) is 11.5 Å². The highest BCUT2D eigenvalue weighted by Gasteiger charge is 2.08. The fourth-order valence-electron chi connectivity index (χ4n) is 1.15. The van der Waals surface area contributed by atoms with E-state index in [2.05, 4.69) is 9.97 Å². The van der Waals surface area contributed by atoms with Gasteiger partial charge in [-0.2, -0.15) is 4.98 Å². The number of aromatic nitrogens is 4. The second kappa shape index (κ2) is 2.35. The van der Waals surface area contributed by atoms with Crippen LogP contribution in [0, 0.1) is 0 Å². The molecule has 6 nitrogen and oxygen atoms in total. The normalized spacial score (nSPS) is 10.8. The van der Waals surface area contributed by atoms with Crippen molar-refractivity contribution in [2.45, 2.75) is 0 Å². The van der Waals surface area contributed by atoms with Gasteiger partial charge in [0.15, 0.2) is 17.1 Å². The number of hydrogen-bond acceptors (Lipinski definition) is 4. The van der Waals surface area contributed by atoms with Gasteiger partial charge in [-0.1, -0.05) is 0 Å². The maximum absolute atomic E-state index is 11.5. The molecule has 0 saturated heterocycles. The molecule has 0 saturated carbocycles. The molecule has 13 heavy (non-hydrogen) atoms. The molecule has 0 aliphatic heterocycles. The summed E-state index contributed by atoms with van der Waals surface area (Å²) in [6.45, 7) is 0. The molecular weight excluding hydrogens is 169 g/mol. The van der Waals surface area contributed by atoms with Gasteiger partial charge in [-0.15, -0.1) is 0 Å². The van der Waals surface area contributed by atoms with Gasteiger partial charge in [-0.05, 0) is 0 Å². The largest absolute Gasteiger partial charge is 0.370 e. The van der Waals surface area contributed by atoms with Gasteiger partial charge in [0.1, 0.15) is 0 Å². The molecule has 66 valence electrons. The van der Waals surface area contributed by atoms with Crippen LogP contribution in [0.4, 0.5) is 5.95 Å². The van der Waals surface area contributed by atoms with Crippen LogP contribution in [0.1, 0.15) is 0 Å². The lowest BCUT2D eigenvalue weighted by molar-refractivity contribution is 0.926. The SMILES string of the molecule is Bn1c(N)nc2c(ncn2C)c1=O. The van der Waals surface area contributed by atoms with Crippen molar-refractivity contribution < 1.29 is 0 Å². The molecule has 0 aromatic carbocycles. The summed E-state index contributed by atoms with van der Waals surface area (Å²) in [5.74, 6) is 0.195. The number of fused-ring (bicyclic) bond motifs is 1. The Kier molecular flexibility index (Phi) is 1.42. The molecule has 0 amide bonds. The van der Waals surface area contributed by atoms with Crippen molar-refractivity contribution in [3.05, 3.63) is 16.7 Å². The van der Waals surface area contributed by atoms with Crippen molar-refractivity contribution in [1.29, 1.82) is 0 Å². The molecule has 0 radical (unpaired) electrons. The van der Waals surface area contributed by atoms with Crippen molar-refractivity contribution in [2.24, 2.45) is 7.05 Å². The quantitative estimate of drug-likeness (QED) is 0.477. The number of hydrogen-bond donors (Lipinski definition) is 1. The fraction of sp³-hybridized carbons (Fsp3) is 0.167. The lowest BCUT2D eigenvalue weighted by atomic mass is 10.4. The van der Waals surface area contributed by atoms with Gasteiger partial charge in [-0.25, -0.2) is 4.98 Å². The van der Waals surface area contributed by atoms with Crippen molar-refractivity contribution in [3.63, 3.8) is 0 Å². The maximum Gasteiger partial charge on any atom is 0.270 e. The predicted octanol–water partition coefficient (Wildman–Crippen LogP) is -1.89. The molecule has 2 aromatic rings. The maximum atomic E-state index is 11.5. The zero-order chi connectivity index (χ0) is 9.59. The molecule has 0 aliphatic carbocycles. The van der Waals surface area contributed by atoms with Crippen molar-refractivity contribution >= 4 is 25.1 Å². The summed E-state index contributed by atoms with van der Waals surface area (Å²) in [7, 11) is 3.33. The summed E-state index contributed by atoms with van der Waals surface area (Å²) in [5, 5.41) is 0. The first-order valence-electron chi connectivity index (χ1n) is 3.75. The molecule has 2 aromatic heterocycles. The number of rotatable bonds is 0. The van der Waals surface area contributed by atoms with E-state index in [0.29, 0.717) is 11.2 Å². The van der Waals surface area contributed by atoms with Crippen LogP contribution in [0.5, 0.6) is 0 Å². The first-order chi connectivity index (χ1) is 6.11. The number of nitrogens with two attached hydrogens (primary N) is 1. The highest BCUT2D eigenvalue weighted by Crippen LogP contribution is 2.04. The van der Waals surface area contributed by atoms with Gasteiger partial charge in [0, 0.05) is 7.05 Å². The van der Waals surface area contributed by atoms with Gasteiger partial charge >= 0.3 is 0 Å². The first kappa shape index (κ1) is 7.84. The lowest BCUT2D eigenvalue weighted by Gasteiger charge is -2.01. The Morgan fingerprint density at radius 2 is 2.31 bits per heavy atom. The topological polar surface area (TPSA) is 78.7 Å². The van der Waals surface area contributed by atoms with Gasteiger partial charge < -0.3 is 14.8 Å². The second-order valence-corrected chi connectivity index (χ2v) is 2.86. The zero-order valence-corrected chi connectivity index (χ0v) is 7.35. The van der Waals surface area contributed by atoms with Crippen LogP contribution in [-0.2, 0) is 7.05 Å².